The predicted molar refractivity (Wildman–Crippen MR) is 88.3 cm³/mol. The van der Waals surface area contributed by atoms with Gasteiger partial charge in [-0.05, 0) is 51.9 Å². The molecule has 0 saturated carbocycles. The summed E-state index contributed by atoms with van der Waals surface area (Å²) in [6.45, 7) is 4.53. The quantitative estimate of drug-likeness (QED) is 0.445. The molecule has 20 heavy (non-hydrogen) atoms. The fourth-order valence-electron chi connectivity index (χ4n) is 3.58. The molecule has 0 radical (unpaired) electrons. The van der Waals surface area contributed by atoms with Gasteiger partial charge in [0.1, 0.15) is 0 Å². The highest BCUT2D eigenvalue weighted by atomic mass is 14.2. The van der Waals surface area contributed by atoms with Gasteiger partial charge in [-0.25, -0.2) is 0 Å². The summed E-state index contributed by atoms with van der Waals surface area (Å²) in [5.41, 5.74) is 4.30. The SMILES string of the molecule is Cc1ccc2c(c1)c1c(c3ccccc32)C=CCC1C. The summed E-state index contributed by atoms with van der Waals surface area (Å²) < 4.78 is 0. The first-order valence-corrected chi connectivity index (χ1v) is 7.37. The zero-order valence-corrected chi connectivity index (χ0v) is 12.0. The summed E-state index contributed by atoms with van der Waals surface area (Å²) in [7, 11) is 0. The first kappa shape index (κ1) is 11.7. The van der Waals surface area contributed by atoms with E-state index in [1.54, 1.807) is 0 Å². The average Bonchev–Trinajstić information content (AvgIpc) is 2.47. The fraction of sp³-hybridized carbons (Fsp3) is 0.200. The van der Waals surface area contributed by atoms with Gasteiger partial charge in [0.15, 0.2) is 0 Å². The molecular weight excluding hydrogens is 240 g/mol. The number of hydrogen-bond acceptors (Lipinski definition) is 0. The Morgan fingerprint density at radius 2 is 1.65 bits per heavy atom. The van der Waals surface area contributed by atoms with Crippen LogP contribution in [0, 0.1) is 6.92 Å². The fourth-order valence-corrected chi connectivity index (χ4v) is 3.58. The van der Waals surface area contributed by atoms with E-state index in [4.69, 9.17) is 0 Å². The van der Waals surface area contributed by atoms with Crippen molar-refractivity contribution in [1.29, 1.82) is 0 Å². The molecule has 0 heteroatoms. The van der Waals surface area contributed by atoms with Crippen molar-refractivity contribution in [2.45, 2.75) is 26.2 Å². The molecule has 0 nitrogen and oxygen atoms in total. The van der Waals surface area contributed by atoms with Crippen LogP contribution >= 0.6 is 0 Å². The van der Waals surface area contributed by atoms with Crippen LogP contribution in [0.25, 0.3) is 27.6 Å². The third kappa shape index (κ3) is 1.54. The summed E-state index contributed by atoms with van der Waals surface area (Å²) in [5.74, 6) is 0.601. The Bertz CT molecular complexity index is 853. The highest BCUT2D eigenvalue weighted by Gasteiger charge is 2.19. The third-order valence-corrected chi connectivity index (χ3v) is 4.53. The van der Waals surface area contributed by atoms with Crippen LogP contribution in [0.1, 0.15) is 36.0 Å². The van der Waals surface area contributed by atoms with Crippen LogP contribution in [-0.2, 0) is 0 Å². The van der Waals surface area contributed by atoms with Crippen LogP contribution in [0.15, 0.2) is 48.5 Å². The van der Waals surface area contributed by atoms with Crippen molar-refractivity contribution in [3.05, 3.63) is 65.2 Å². The zero-order valence-electron chi connectivity index (χ0n) is 12.0. The average molecular weight is 258 g/mol. The first-order valence-electron chi connectivity index (χ1n) is 7.37. The van der Waals surface area contributed by atoms with Gasteiger partial charge in [-0.1, -0.05) is 67.1 Å². The van der Waals surface area contributed by atoms with E-state index in [0.717, 1.165) is 6.42 Å². The molecule has 0 aliphatic heterocycles. The van der Waals surface area contributed by atoms with Crippen molar-refractivity contribution in [2.75, 3.05) is 0 Å². The summed E-state index contributed by atoms with van der Waals surface area (Å²) in [5, 5.41) is 5.60. The van der Waals surface area contributed by atoms with Crippen molar-refractivity contribution in [3.63, 3.8) is 0 Å². The van der Waals surface area contributed by atoms with Crippen LogP contribution in [0.3, 0.4) is 0 Å². The molecule has 1 atom stereocenters. The lowest BCUT2D eigenvalue weighted by Crippen LogP contribution is -2.02. The lowest BCUT2D eigenvalue weighted by Gasteiger charge is -2.23. The van der Waals surface area contributed by atoms with E-state index >= 15 is 0 Å². The van der Waals surface area contributed by atoms with Gasteiger partial charge in [0.2, 0.25) is 0 Å². The summed E-state index contributed by atoms with van der Waals surface area (Å²) in [4.78, 5) is 0. The number of allylic oxidation sites excluding steroid dienone is 1. The molecule has 1 unspecified atom stereocenters. The number of hydrogen-bond donors (Lipinski definition) is 0. The van der Waals surface area contributed by atoms with E-state index in [2.05, 4.69) is 68.5 Å². The summed E-state index contributed by atoms with van der Waals surface area (Å²) >= 11 is 0. The van der Waals surface area contributed by atoms with Crippen molar-refractivity contribution < 1.29 is 0 Å². The lowest BCUT2D eigenvalue weighted by atomic mass is 9.81. The Kier molecular flexibility index (Phi) is 2.47. The van der Waals surface area contributed by atoms with Gasteiger partial charge >= 0.3 is 0 Å². The maximum Gasteiger partial charge on any atom is -0.00992 e. The standard InChI is InChI=1S/C20H18/c1-13-10-11-17-15-7-3-4-8-16(15)18-9-5-6-14(2)20(18)19(17)12-13/h3-5,7-12,14H,6H2,1-2H3. The van der Waals surface area contributed by atoms with E-state index in [1.165, 1.54) is 38.2 Å². The van der Waals surface area contributed by atoms with E-state index in [9.17, 15) is 0 Å². The molecule has 3 aromatic rings. The van der Waals surface area contributed by atoms with Crippen molar-refractivity contribution in [1.82, 2.24) is 0 Å². The lowest BCUT2D eigenvalue weighted by molar-refractivity contribution is 0.781. The second kappa shape index (κ2) is 4.21. The molecule has 0 spiro atoms. The summed E-state index contributed by atoms with van der Waals surface area (Å²) in [6, 6.07) is 15.7. The minimum Gasteiger partial charge on any atom is -0.0833 e. The monoisotopic (exact) mass is 258 g/mol. The van der Waals surface area contributed by atoms with Gasteiger partial charge in [-0.2, -0.15) is 0 Å². The van der Waals surface area contributed by atoms with Crippen molar-refractivity contribution in [3.8, 4) is 0 Å². The molecule has 0 aromatic heterocycles. The molecule has 1 aliphatic rings. The minimum absolute atomic E-state index is 0.601. The van der Waals surface area contributed by atoms with Gasteiger partial charge in [0, 0.05) is 0 Å². The van der Waals surface area contributed by atoms with Gasteiger partial charge in [-0.15, -0.1) is 0 Å². The van der Waals surface area contributed by atoms with Gasteiger partial charge in [-0.3, -0.25) is 0 Å². The smallest absolute Gasteiger partial charge is 0.00992 e. The van der Waals surface area contributed by atoms with Crippen molar-refractivity contribution in [2.24, 2.45) is 0 Å². The zero-order chi connectivity index (χ0) is 13.7. The molecule has 0 amide bonds. The highest BCUT2D eigenvalue weighted by Crippen LogP contribution is 2.41. The number of fused-ring (bicyclic) bond motifs is 6. The van der Waals surface area contributed by atoms with Crippen LogP contribution in [0.2, 0.25) is 0 Å². The Balaban J connectivity index is 2.31. The highest BCUT2D eigenvalue weighted by molar-refractivity contribution is 6.13. The molecule has 0 N–H and O–H groups in total. The Morgan fingerprint density at radius 1 is 0.900 bits per heavy atom. The van der Waals surface area contributed by atoms with E-state index in [-0.39, 0.29) is 0 Å². The molecule has 4 rings (SSSR count). The van der Waals surface area contributed by atoms with E-state index in [1.807, 2.05) is 0 Å². The molecule has 3 aromatic carbocycles. The number of benzene rings is 3. The van der Waals surface area contributed by atoms with Crippen LogP contribution in [-0.4, -0.2) is 0 Å². The van der Waals surface area contributed by atoms with E-state index in [0.29, 0.717) is 5.92 Å². The molecule has 1 aliphatic carbocycles. The Morgan fingerprint density at radius 3 is 2.50 bits per heavy atom. The van der Waals surface area contributed by atoms with Gasteiger partial charge in [0.05, 0.1) is 0 Å². The molecule has 0 saturated heterocycles. The minimum atomic E-state index is 0.601. The second-order valence-corrected chi connectivity index (χ2v) is 5.96. The molecule has 0 fully saturated rings. The number of rotatable bonds is 0. The topological polar surface area (TPSA) is 0 Å². The molecule has 0 bridgehead atoms. The maximum absolute atomic E-state index is 2.36. The Hall–Kier alpha value is -2.08. The first-order chi connectivity index (χ1) is 9.75. The van der Waals surface area contributed by atoms with Gasteiger partial charge < -0.3 is 0 Å². The van der Waals surface area contributed by atoms with Gasteiger partial charge in [0.25, 0.3) is 0 Å². The van der Waals surface area contributed by atoms with Crippen LogP contribution in [0.5, 0.6) is 0 Å². The summed E-state index contributed by atoms with van der Waals surface area (Å²) in [6.07, 6.45) is 5.79. The van der Waals surface area contributed by atoms with E-state index < -0.39 is 0 Å². The normalized spacial score (nSPS) is 17.6. The molecular formula is C20H18. The van der Waals surface area contributed by atoms with Crippen molar-refractivity contribution >= 4 is 27.6 Å². The van der Waals surface area contributed by atoms with Crippen LogP contribution < -0.4 is 0 Å². The maximum atomic E-state index is 2.36. The second-order valence-electron chi connectivity index (χ2n) is 5.96. The third-order valence-electron chi connectivity index (χ3n) is 4.53. The predicted octanol–water partition coefficient (Wildman–Crippen LogP) is 5.82. The largest absolute Gasteiger partial charge is 0.0833 e. The number of aryl methyl sites for hydroxylation is 1. The van der Waals surface area contributed by atoms with Crippen LogP contribution in [0.4, 0.5) is 0 Å². The Labute approximate surface area is 119 Å². The molecule has 0 heterocycles. The molecule has 98 valence electrons.